The highest BCUT2D eigenvalue weighted by molar-refractivity contribution is 14.1. The topological polar surface area (TPSA) is 29.5 Å². The summed E-state index contributed by atoms with van der Waals surface area (Å²) >= 11 is 2.19. The van der Waals surface area contributed by atoms with E-state index in [1.165, 1.54) is 0 Å². The maximum absolute atomic E-state index is 9.28. The molecule has 0 aliphatic carbocycles. The van der Waals surface area contributed by atoms with Crippen molar-refractivity contribution in [1.29, 1.82) is 0 Å². The lowest BCUT2D eigenvalue weighted by atomic mass is 10.1. The zero-order valence-electron chi connectivity index (χ0n) is 7.04. The van der Waals surface area contributed by atoms with Gasteiger partial charge < -0.3 is 9.84 Å². The summed E-state index contributed by atoms with van der Waals surface area (Å²) in [7, 11) is 1.63. The number of hydrogen-bond donors (Lipinski definition) is 1. The minimum absolute atomic E-state index is 0.434. The van der Waals surface area contributed by atoms with E-state index in [4.69, 9.17) is 4.74 Å². The number of ether oxygens (including phenoxy) is 1. The van der Waals surface area contributed by atoms with Crippen LogP contribution in [0, 0.1) is 3.57 Å². The van der Waals surface area contributed by atoms with Gasteiger partial charge in [0.15, 0.2) is 0 Å². The lowest BCUT2D eigenvalue weighted by Gasteiger charge is -2.08. The number of halogens is 1. The number of rotatable bonds is 2. The van der Waals surface area contributed by atoms with E-state index in [1.54, 1.807) is 14.0 Å². The number of hydrogen-bond acceptors (Lipinski definition) is 2. The molecular weight excluding hydrogens is 267 g/mol. The third-order valence-corrected chi connectivity index (χ3v) is 2.55. The van der Waals surface area contributed by atoms with Crippen LogP contribution >= 0.6 is 22.6 Å². The second-order valence-corrected chi connectivity index (χ2v) is 3.73. The summed E-state index contributed by atoms with van der Waals surface area (Å²) < 4.78 is 6.17. The van der Waals surface area contributed by atoms with Gasteiger partial charge in [0.2, 0.25) is 0 Å². The van der Waals surface area contributed by atoms with E-state index >= 15 is 0 Å². The smallest absolute Gasteiger partial charge is 0.132 e. The Kier molecular flexibility index (Phi) is 3.34. The SMILES string of the molecule is COc1cc([C@@H](C)O)ccc1I. The molecule has 2 nitrogen and oxygen atoms in total. The molecule has 1 aromatic rings. The number of benzene rings is 1. The van der Waals surface area contributed by atoms with Gasteiger partial charge in [-0.1, -0.05) is 6.07 Å². The van der Waals surface area contributed by atoms with E-state index in [0.717, 1.165) is 14.9 Å². The molecule has 12 heavy (non-hydrogen) atoms. The van der Waals surface area contributed by atoms with Crippen LogP contribution in [0.1, 0.15) is 18.6 Å². The molecule has 0 aliphatic heterocycles. The molecule has 0 bridgehead atoms. The molecule has 0 amide bonds. The first kappa shape index (κ1) is 9.80. The van der Waals surface area contributed by atoms with Crippen molar-refractivity contribution in [3.05, 3.63) is 27.3 Å². The Bertz CT molecular complexity index is 271. The third kappa shape index (κ3) is 2.10. The Hall–Kier alpha value is -0.290. The lowest BCUT2D eigenvalue weighted by Crippen LogP contribution is -1.93. The number of methoxy groups -OCH3 is 1. The third-order valence-electron chi connectivity index (χ3n) is 1.66. The van der Waals surface area contributed by atoms with E-state index in [2.05, 4.69) is 22.6 Å². The van der Waals surface area contributed by atoms with Crippen molar-refractivity contribution < 1.29 is 9.84 Å². The van der Waals surface area contributed by atoms with Crippen molar-refractivity contribution in [2.75, 3.05) is 7.11 Å². The van der Waals surface area contributed by atoms with E-state index < -0.39 is 6.10 Å². The summed E-state index contributed by atoms with van der Waals surface area (Å²) in [5.41, 5.74) is 0.882. The lowest BCUT2D eigenvalue weighted by molar-refractivity contribution is 0.199. The first-order valence-electron chi connectivity index (χ1n) is 3.66. The first-order chi connectivity index (χ1) is 5.65. The van der Waals surface area contributed by atoms with Gasteiger partial charge in [0.05, 0.1) is 16.8 Å². The summed E-state index contributed by atoms with van der Waals surface area (Å²) in [4.78, 5) is 0. The molecule has 0 spiro atoms. The molecule has 0 fully saturated rings. The molecular formula is C9H11IO2. The van der Waals surface area contributed by atoms with Crippen LogP contribution in [-0.4, -0.2) is 12.2 Å². The Morgan fingerprint density at radius 2 is 2.17 bits per heavy atom. The largest absolute Gasteiger partial charge is 0.496 e. The minimum atomic E-state index is -0.434. The van der Waals surface area contributed by atoms with Crippen LogP contribution in [0.5, 0.6) is 5.75 Å². The maximum Gasteiger partial charge on any atom is 0.132 e. The molecule has 0 aromatic heterocycles. The van der Waals surface area contributed by atoms with Gasteiger partial charge in [0.25, 0.3) is 0 Å². The van der Waals surface area contributed by atoms with Crippen molar-refractivity contribution in [2.24, 2.45) is 0 Å². The molecule has 0 saturated heterocycles. The highest BCUT2D eigenvalue weighted by Gasteiger charge is 2.04. The summed E-state index contributed by atoms with van der Waals surface area (Å²) in [6.07, 6.45) is -0.434. The van der Waals surface area contributed by atoms with Crippen molar-refractivity contribution in [3.63, 3.8) is 0 Å². The summed E-state index contributed by atoms with van der Waals surface area (Å²) in [5.74, 6) is 0.814. The Morgan fingerprint density at radius 3 is 2.67 bits per heavy atom. The molecule has 0 heterocycles. The number of aliphatic hydroxyl groups is 1. The fourth-order valence-corrected chi connectivity index (χ4v) is 1.49. The average Bonchev–Trinajstić information content (AvgIpc) is 2.05. The molecule has 0 aliphatic rings. The van der Waals surface area contributed by atoms with Gasteiger partial charge in [-0.2, -0.15) is 0 Å². The fourth-order valence-electron chi connectivity index (χ4n) is 0.936. The quantitative estimate of drug-likeness (QED) is 0.841. The molecule has 1 N–H and O–H groups in total. The van der Waals surface area contributed by atoms with Gasteiger partial charge in [0.1, 0.15) is 5.75 Å². The standard InChI is InChI=1S/C9H11IO2/c1-6(11)7-3-4-8(10)9(5-7)12-2/h3-6,11H,1-2H3/t6-/m1/s1. The average molecular weight is 278 g/mol. The van der Waals surface area contributed by atoms with Crippen LogP contribution in [0.3, 0.4) is 0 Å². The fraction of sp³-hybridized carbons (Fsp3) is 0.333. The Morgan fingerprint density at radius 1 is 1.50 bits per heavy atom. The monoisotopic (exact) mass is 278 g/mol. The van der Waals surface area contributed by atoms with Crippen LogP contribution in [0.15, 0.2) is 18.2 Å². The summed E-state index contributed by atoms with van der Waals surface area (Å²) in [6, 6.07) is 5.68. The van der Waals surface area contributed by atoms with E-state index in [1.807, 2.05) is 18.2 Å². The van der Waals surface area contributed by atoms with Gasteiger partial charge in [0, 0.05) is 0 Å². The van der Waals surface area contributed by atoms with E-state index in [0.29, 0.717) is 0 Å². The van der Waals surface area contributed by atoms with Crippen LogP contribution < -0.4 is 4.74 Å². The van der Waals surface area contributed by atoms with Crippen molar-refractivity contribution in [2.45, 2.75) is 13.0 Å². The van der Waals surface area contributed by atoms with Crippen LogP contribution in [0.4, 0.5) is 0 Å². The van der Waals surface area contributed by atoms with Gasteiger partial charge in [-0.05, 0) is 47.2 Å². The Labute approximate surface area is 85.7 Å². The van der Waals surface area contributed by atoms with Gasteiger partial charge in [-0.3, -0.25) is 0 Å². The second-order valence-electron chi connectivity index (χ2n) is 2.57. The predicted octanol–water partition coefficient (Wildman–Crippen LogP) is 2.35. The van der Waals surface area contributed by atoms with Crippen LogP contribution in [0.2, 0.25) is 0 Å². The predicted molar refractivity (Wildman–Crippen MR) is 56.3 cm³/mol. The maximum atomic E-state index is 9.28. The zero-order valence-corrected chi connectivity index (χ0v) is 9.20. The van der Waals surface area contributed by atoms with Gasteiger partial charge >= 0.3 is 0 Å². The summed E-state index contributed by atoms with van der Waals surface area (Å²) in [6.45, 7) is 1.74. The highest BCUT2D eigenvalue weighted by Crippen LogP contribution is 2.24. The normalized spacial score (nSPS) is 12.7. The Balaban J connectivity index is 3.05. The van der Waals surface area contributed by atoms with E-state index in [9.17, 15) is 5.11 Å². The minimum Gasteiger partial charge on any atom is -0.496 e. The highest BCUT2D eigenvalue weighted by atomic mass is 127. The first-order valence-corrected chi connectivity index (χ1v) is 4.74. The van der Waals surface area contributed by atoms with Crippen molar-refractivity contribution in [3.8, 4) is 5.75 Å². The molecule has 3 heteroatoms. The number of aliphatic hydroxyl groups excluding tert-OH is 1. The molecule has 0 radical (unpaired) electrons. The van der Waals surface area contributed by atoms with Gasteiger partial charge in [-0.25, -0.2) is 0 Å². The van der Waals surface area contributed by atoms with Crippen LogP contribution in [0.25, 0.3) is 0 Å². The molecule has 1 aromatic carbocycles. The van der Waals surface area contributed by atoms with E-state index in [-0.39, 0.29) is 0 Å². The van der Waals surface area contributed by atoms with Crippen molar-refractivity contribution in [1.82, 2.24) is 0 Å². The van der Waals surface area contributed by atoms with Crippen LogP contribution in [-0.2, 0) is 0 Å². The second kappa shape index (κ2) is 4.09. The molecule has 0 unspecified atom stereocenters. The molecule has 1 rings (SSSR count). The molecule has 0 saturated carbocycles. The summed E-state index contributed by atoms with van der Waals surface area (Å²) in [5, 5.41) is 9.28. The molecule has 66 valence electrons. The van der Waals surface area contributed by atoms with Crippen molar-refractivity contribution >= 4 is 22.6 Å². The zero-order chi connectivity index (χ0) is 9.14. The van der Waals surface area contributed by atoms with Gasteiger partial charge in [-0.15, -0.1) is 0 Å². The molecule has 1 atom stereocenters.